The average molecular weight is 211 g/mol. The Balaban J connectivity index is 2.33. The van der Waals surface area contributed by atoms with Crippen LogP contribution >= 0.6 is 0 Å². The highest BCUT2D eigenvalue weighted by Crippen LogP contribution is 2.08. The second-order valence-corrected chi connectivity index (χ2v) is 4.18. The van der Waals surface area contributed by atoms with Gasteiger partial charge in [0.1, 0.15) is 0 Å². The summed E-state index contributed by atoms with van der Waals surface area (Å²) in [5.41, 5.74) is 0. The summed E-state index contributed by atoms with van der Waals surface area (Å²) in [5, 5.41) is 8.82. The van der Waals surface area contributed by atoms with E-state index in [0.29, 0.717) is 6.04 Å². The number of hydrogen-bond acceptors (Lipinski definition) is 4. The highest BCUT2D eigenvalue weighted by atomic mass is 16.5. The normalized spacial score (nSPS) is 23.3. The van der Waals surface area contributed by atoms with Gasteiger partial charge in [-0.1, -0.05) is 0 Å². The molecule has 15 heavy (non-hydrogen) atoms. The molecule has 0 aromatic heterocycles. The SMILES string of the molecule is COCC(C)N1CCN(C(C)C#N)CC1. The maximum Gasteiger partial charge on any atom is 0.0950 e. The van der Waals surface area contributed by atoms with Crippen molar-refractivity contribution in [3.63, 3.8) is 0 Å². The fourth-order valence-electron chi connectivity index (χ4n) is 1.99. The highest BCUT2D eigenvalue weighted by molar-refractivity contribution is 4.90. The fourth-order valence-corrected chi connectivity index (χ4v) is 1.99. The molecule has 0 aliphatic carbocycles. The first-order chi connectivity index (χ1) is 7.19. The van der Waals surface area contributed by atoms with Crippen LogP contribution in [0.3, 0.4) is 0 Å². The van der Waals surface area contributed by atoms with Gasteiger partial charge in [-0.05, 0) is 13.8 Å². The molecule has 1 aliphatic heterocycles. The number of methoxy groups -OCH3 is 1. The van der Waals surface area contributed by atoms with Gasteiger partial charge in [0.2, 0.25) is 0 Å². The molecule has 0 radical (unpaired) electrons. The van der Waals surface area contributed by atoms with E-state index in [9.17, 15) is 0 Å². The zero-order valence-electron chi connectivity index (χ0n) is 9.94. The van der Waals surface area contributed by atoms with E-state index in [1.807, 2.05) is 6.92 Å². The average Bonchev–Trinajstić information content (AvgIpc) is 2.28. The lowest BCUT2D eigenvalue weighted by atomic mass is 10.2. The molecule has 0 aromatic rings. The minimum atomic E-state index is 0.0462. The molecule has 86 valence electrons. The fraction of sp³-hybridized carbons (Fsp3) is 0.909. The van der Waals surface area contributed by atoms with Crippen LogP contribution in [0.5, 0.6) is 0 Å². The second kappa shape index (κ2) is 6.06. The molecule has 4 heteroatoms. The number of piperazine rings is 1. The van der Waals surface area contributed by atoms with Crippen molar-refractivity contribution in [3.05, 3.63) is 0 Å². The quantitative estimate of drug-likeness (QED) is 0.681. The molecule has 1 heterocycles. The van der Waals surface area contributed by atoms with Crippen LogP contribution in [0.1, 0.15) is 13.8 Å². The lowest BCUT2D eigenvalue weighted by Gasteiger charge is -2.38. The number of hydrogen-bond donors (Lipinski definition) is 0. The van der Waals surface area contributed by atoms with Gasteiger partial charge in [-0.3, -0.25) is 9.80 Å². The van der Waals surface area contributed by atoms with Crippen LogP contribution in [0.15, 0.2) is 0 Å². The maximum atomic E-state index is 8.82. The Morgan fingerprint density at radius 3 is 2.20 bits per heavy atom. The minimum Gasteiger partial charge on any atom is -0.383 e. The van der Waals surface area contributed by atoms with E-state index in [-0.39, 0.29) is 6.04 Å². The van der Waals surface area contributed by atoms with Crippen LogP contribution in [-0.4, -0.2) is 61.8 Å². The van der Waals surface area contributed by atoms with Crippen LogP contribution in [0.4, 0.5) is 0 Å². The second-order valence-electron chi connectivity index (χ2n) is 4.18. The highest BCUT2D eigenvalue weighted by Gasteiger charge is 2.23. The van der Waals surface area contributed by atoms with Crippen molar-refractivity contribution in [2.24, 2.45) is 0 Å². The van der Waals surface area contributed by atoms with Crippen molar-refractivity contribution in [2.75, 3.05) is 39.9 Å². The molecule has 1 saturated heterocycles. The largest absolute Gasteiger partial charge is 0.383 e. The van der Waals surface area contributed by atoms with Crippen LogP contribution in [0.2, 0.25) is 0 Å². The van der Waals surface area contributed by atoms with Gasteiger partial charge in [0.15, 0.2) is 0 Å². The molecule has 0 spiro atoms. The van der Waals surface area contributed by atoms with Gasteiger partial charge >= 0.3 is 0 Å². The third-order valence-electron chi connectivity index (χ3n) is 3.11. The third-order valence-corrected chi connectivity index (χ3v) is 3.11. The Morgan fingerprint density at radius 2 is 1.73 bits per heavy atom. The standard InChI is InChI=1S/C11H21N3O/c1-10(8-12)13-4-6-14(7-5-13)11(2)9-15-3/h10-11H,4-7,9H2,1-3H3. The number of ether oxygens (including phenoxy) is 1. The summed E-state index contributed by atoms with van der Waals surface area (Å²) in [5.74, 6) is 0. The number of rotatable bonds is 4. The smallest absolute Gasteiger partial charge is 0.0950 e. The van der Waals surface area contributed by atoms with Gasteiger partial charge in [-0.25, -0.2) is 0 Å². The molecule has 1 fully saturated rings. The molecule has 4 nitrogen and oxygen atoms in total. The van der Waals surface area contributed by atoms with E-state index in [1.165, 1.54) is 0 Å². The van der Waals surface area contributed by atoms with Crippen molar-refractivity contribution in [1.29, 1.82) is 5.26 Å². The molecule has 0 bridgehead atoms. The molecular formula is C11H21N3O. The third kappa shape index (κ3) is 3.45. The Hall–Kier alpha value is -0.630. The van der Waals surface area contributed by atoms with E-state index >= 15 is 0 Å². The maximum absolute atomic E-state index is 8.82. The molecule has 2 atom stereocenters. The Kier molecular flexibility index (Phi) is 5.03. The van der Waals surface area contributed by atoms with E-state index in [2.05, 4.69) is 22.8 Å². The lowest BCUT2D eigenvalue weighted by Crippen LogP contribution is -2.52. The molecule has 0 N–H and O–H groups in total. The molecule has 1 aliphatic rings. The van der Waals surface area contributed by atoms with Crippen LogP contribution in [-0.2, 0) is 4.74 Å². The zero-order chi connectivity index (χ0) is 11.3. The van der Waals surface area contributed by atoms with Gasteiger partial charge in [0, 0.05) is 39.3 Å². The number of nitrogens with zero attached hydrogens (tertiary/aromatic N) is 3. The van der Waals surface area contributed by atoms with Gasteiger partial charge < -0.3 is 4.74 Å². The summed E-state index contributed by atoms with van der Waals surface area (Å²) < 4.78 is 5.14. The first-order valence-corrected chi connectivity index (χ1v) is 5.55. The summed E-state index contributed by atoms with van der Waals surface area (Å²) in [6.45, 7) is 8.99. The molecule has 2 unspecified atom stereocenters. The summed E-state index contributed by atoms with van der Waals surface area (Å²) in [6.07, 6.45) is 0. The van der Waals surface area contributed by atoms with E-state index < -0.39 is 0 Å². The summed E-state index contributed by atoms with van der Waals surface area (Å²) in [6, 6.07) is 2.81. The first kappa shape index (κ1) is 12.4. The number of nitriles is 1. The first-order valence-electron chi connectivity index (χ1n) is 5.55. The van der Waals surface area contributed by atoms with E-state index in [1.54, 1.807) is 7.11 Å². The van der Waals surface area contributed by atoms with Crippen LogP contribution in [0.25, 0.3) is 0 Å². The summed E-state index contributed by atoms with van der Waals surface area (Å²) in [7, 11) is 1.74. The Morgan fingerprint density at radius 1 is 1.20 bits per heavy atom. The van der Waals surface area contributed by atoms with Gasteiger partial charge in [0.25, 0.3) is 0 Å². The van der Waals surface area contributed by atoms with Crippen LogP contribution in [0, 0.1) is 11.3 Å². The molecular weight excluding hydrogens is 190 g/mol. The monoisotopic (exact) mass is 211 g/mol. The van der Waals surface area contributed by atoms with Gasteiger partial charge in [0.05, 0.1) is 18.7 Å². The van der Waals surface area contributed by atoms with E-state index in [4.69, 9.17) is 10.00 Å². The molecule has 0 saturated carbocycles. The van der Waals surface area contributed by atoms with Gasteiger partial charge in [-0.2, -0.15) is 5.26 Å². The van der Waals surface area contributed by atoms with Crippen LogP contribution < -0.4 is 0 Å². The lowest BCUT2D eigenvalue weighted by molar-refractivity contribution is 0.0520. The molecule has 0 amide bonds. The molecule has 1 rings (SSSR count). The van der Waals surface area contributed by atoms with Crippen molar-refractivity contribution in [3.8, 4) is 6.07 Å². The Bertz CT molecular complexity index is 218. The summed E-state index contributed by atoms with van der Waals surface area (Å²) >= 11 is 0. The van der Waals surface area contributed by atoms with Crippen molar-refractivity contribution in [1.82, 2.24) is 9.80 Å². The predicted octanol–water partition coefficient (Wildman–Crippen LogP) is 0.551. The van der Waals surface area contributed by atoms with Crippen molar-refractivity contribution < 1.29 is 4.74 Å². The van der Waals surface area contributed by atoms with E-state index in [0.717, 1.165) is 32.8 Å². The van der Waals surface area contributed by atoms with Crippen molar-refractivity contribution in [2.45, 2.75) is 25.9 Å². The topological polar surface area (TPSA) is 39.5 Å². The molecule has 0 aromatic carbocycles. The van der Waals surface area contributed by atoms with Crippen molar-refractivity contribution >= 4 is 0 Å². The Labute approximate surface area is 92.4 Å². The minimum absolute atomic E-state index is 0.0462. The zero-order valence-corrected chi connectivity index (χ0v) is 9.94. The van der Waals surface area contributed by atoms with Gasteiger partial charge in [-0.15, -0.1) is 0 Å². The summed E-state index contributed by atoms with van der Waals surface area (Å²) in [4.78, 5) is 4.65. The predicted molar refractivity (Wildman–Crippen MR) is 59.6 cm³/mol.